The summed E-state index contributed by atoms with van der Waals surface area (Å²) in [4.78, 5) is 16.6. The van der Waals surface area contributed by atoms with E-state index in [9.17, 15) is 4.79 Å². The first-order chi connectivity index (χ1) is 9.78. The quantitative estimate of drug-likeness (QED) is 0.847. The van der Waals surface area contributed by atoms with Gasteiger partial charge in [-0.25, -0.2) is 0 Å². The second-order valence-corrected chi connectivity index (χ2v) is 6.68. The maximum absolute atomic E-state index is 12.6. The maximum Gasteiger partial charge on any atom is 0.264 e. The molecular weight excluding hydrogens is 274 g/mol. The Balaban J connectivity index is 1.73. The number of aliphatic hydroxyl groups is 1. The minimum absolute atomic E-state index is 0.0231. The van der Waals surface area contributed by atoms with Crippen molar-refractivity contribution in [3.05, 3.63) is 21.4 Å². The number of rotatable bonds is 2. The van der Waals surface area contributed by atoms with E-state index in [2.05, 4.69) is 6.07 Å². The Hall–Kier alpha value is -0.910. The van der Waals surface area contributed by atoms with Crippen molar-refractivity contribution in [3.63, 3.8) is 0 Å². The zero-order valence-corrected chi connectivity index (χ0v) is 12.5. The minimum atomic E-state index is -0.231. The standard InChI is InChI=1S/C15H21NO3S/c17-10-12-9-16(6-7-19-12)15(18)14-8-11-4-2-1-3-5-13(11)20-14/h8,12,17H,1-7,9-10H2. The molecule has 110 valence electrons. The molecule has 0 bridgehead atoms. The molecule has 0 saturated carbocycles. The number of hydrogen-bond donors (Lipinski definition) is 1. The van der Waals surface area contributed by atoms with Gasteiger partial charge in [-0.3, -0.25) is 4.79 Å². The molecule has 1 N–H and O–H groups in total. The van der Waals surface area contributed by atoms with Crippen molar-refractivity contribution in [1.82, 2.24) is 4.90 Å². The van der Waals surface area contributed by atoms with Gasteiger partial charge < -0.3 is 14.7 Å². The van der Waals surface area contributed by atoms with Crippen molar-refractivity contribution in [1.29, 1.82) is 0 Å². The highest BCUT2D eigenvalue weighted by Crippen LogP contribution is 2.30. The first-order valence-electron chi connectivity index (χ1n) is 7.41. The molecule has 20 heavy (non-hydrogen) atoms. The van der Waals surface area contributed by atoms with Crippen LogP contribution in [0.2, 0.25) is 0 Å². The van der Waals surface area contributed by atoms with Gasteiger partial charge in [0.1, 0.15) is 0 Å². The summed E-state index contributed by atoms with van der Waals surface area (Å²) in [6.45, 7) is 1.61. The molecular formula is C15H21NO3S. The number of carbonyl (C=O) groups excluding carboxylic acids is 1. The number of thiophene rings is 1. The highest BCUT2D eigenvalue weighted by molar-refractivity contribution is 7.14. The zero-order valence-electron chi connectivity index (χ0n) is 11.6. The Morgan fingerprint density at radius 1 is 1.40 bits per heavy atom. The van der Waals surface area contributed by atoms with E-state index in [0.717, 1.165) is 17.7 Å². The van der Waals surface area contributed by atoms with Crippen LogP contribution in [0.1, 0.15) is 39.4 Å². The van der Waals surface area contributed by atoms with Crippen molar-refractivity contribution in [2.75, 3.05) is 26.3 Å². The molecule has 1 unspecified atom stereocenters. The highest BCUT2D eigenvalue weighted by atomic mass is 32.1. The molecule has 0 spiro atoms. The van der Waals surface area contributed by atoms with Gasteiger partial charge in [0, 0.05) is 18.0 Å². The number of ether oxygens (including phenoxy) is 1. The third-order valence-electron chi connectivity index (χ3n) is 4.09. The Labute approximate surface area is 123 Å². The molecule has 1 aromatic rings. The van der Waals surface area contributed by atoms with E-state index >= 15 is 0 Å². The van der Waals surface area contributed by atoms with Crippen LogP contribution in [0, 0.1) is 0 Å². The van der Waals surface area contributed by atoms with E-state index in [1.807, 2.05) is 4.90 Å². The lowest BCUT2D eigenvalue weighted by atomic mass is 10.1. The smallest absolute Gasteiger partial charge is 0.264 e. The first-order valence-corrected chi connectivity index (χ1v) is 8.23. The number of aliphatic hydroxyl groups excluding tert-OH is 1. The molecule has 1 aromatic heterocycles. The van der Waals surface area contributed by atoms with E-state index < -0.39 is 0 Å². The van der Waals surface area contributed by atoms with Gasteiger partial charge in [0.2, 0.25) is 0 Å². The predicted molar refractivity (Wildman–Crippen MR) is 78.3 cm³/mol. The summed E-state index contributed by atoms with van der Waals surface area (Å²) in [5, 5.41) is 9.16. The molecule has 2 aliphatic rings. The summed E-state index contributed by atoms with van der Waals surface area (Å²) in [5.74, 6) is 0.102. The van der Waals surface area contributed by atoms with Crippen molar-refractivity contribution >= 4 is 17.2 Å². The van der Waals surface area contributed by atoms with Crippen molar-refractivity contribution in [2.24, 2.45) is 0 Å². The summed E-state index contributed by atoms with van der Waals surface area (Å²) in [6.07, 6.45) is 5.78. The van der Waals surface area contributed by atoms with E-state index in [1.54, 1.807) is 11.3 Å². The van der Waals surface area contributed by atoms with Crippen LogP contribution in [0.3, 0.4) is 0 Å². The number of carbonyl (C=O) groups is 1. The largest absolute Gasteiger partial charge is 0.394 e. The molecule has 1 saturated heterocycles. The second kappa shape index (κ2) is 6.24. The number of morpholine rings is 1. The second-order valence-electron chi connectivity index (χ2n) is 5.55. The van der Waals surface area contributed by atoms with Crippen molar-refractivity contribution in [3.8, 4) is 0 Å². The minimum Gasteiger partial charge on any atom is -0.394 e. The number of hydrogen-bond acceptors (Lipinski definition) is 4. The van der Waals surface area contributed by atoms with Crippen LogP contribution >= 0.6 is 11.3 Å². The maximum atomic E-state index is 12.6. The van der Waals surface area contributed by atoms with Gasteiger partial charge >= 0.3 is 0 Å². The van der Waals surface area contributed by atoms with E-state index in [0.29, 0.717) is 19.7 Å². The van der Waals surface area contributed by atoms with Crippen LogP contribution in [0.5, 0.6) is 0 Å². The molecule has 5 heteroatoms. The summed E-state index contributed by atoms with van der Waals surface area (Å²) in [5.41, 5.74) is 1.38. The summed E-state index contributed by atoms with van der Waals surface area (Å²) < 4.78 is 5.40. The van der Waals surface area contributed by atoms with Crippen LogP contribution < -0.4 is 0 Å². The molecule has 4 nitrogen and oxygen atoms in total. The van der Waals surface area contributed by atoms with Gasteiger partial charge in [-0.1, -0.05) is 6.42 Å². The topological polar surface area (TPSA) is 49.8 Å². The van der Waals surface area contributed by atoms with Crippen molar-refractivity contribution in [2.45, 2.75) is 38.2 Å². The summed E-state index contributed by atoms with van der Waals surface area (Å²) in [7, 11) is 0. The van der Waals surface area contributed by atoms with E-state index in [4.69, 9.17) is 9.84 Å². The normalized spacial score (nSPS) is 23.2. The number of amides is 1. The van der Waals surface area contributed by atoms with Gasteiger partial charge in [0.15, 0.2) is 0 Å². The van der Waals surface area contributed by atoms with Crippen LogP contribution in [0.4, 0.5) is 0 Å². The molecule has 2 heterocycles. The molecule has 1 amide bonds. The molecule has 1 aliphatic carbocycles. The Morgan fingerprint density at radius 3 is 3.10 bits per heavy atom. The van der Waals surface area contributed by atoms with Crippen LogP contribution in [-0.2, 0) is 17.6 Å². The fourth-order valence-electron chi connectivity index (χ4n) is 2.94. The van der Waals surface area contributed by atoms with Gasteiger partial charge in [0.25, 0.3) is 5.91 Å². The number of nitrogens with zero attached hydrogens (tertiary/aromatic N) is 1. The van der Waals surface area contributed by atoms with Crippen molar-refractivity contribution < 1.29 is 14.6 Å². The molecule has 1 aliphatic heterocycles. The number of fused-ring (bicyclic) bond motifs is 1. The van der Waals surface area contributed by atoms with Gasteiger partial charge in [-0.2, -0.15) is 0 Å². The zero-order chi connectivity index (χ0) is 13.9. The molecule has 1 atom stereocenters. The summed E-state index contributed by atoms with van der Waals surface area (Å²) >= 11 is 1.66. The molecule has 0 aromatic carbocycles. The molecule has 0 radical (unpaired) electrons. The van der Waals surface area contributed by atoms with Gasteiger partial charge in [0.05, 0.1) is 24.2 Å². The molecule has 1 fully saturated rings. The lowest BCUT2D eigenvalue weighted by Gasteiger charge is -2.31. The average molecular weight is 295 g/mol. The van der Waals surface area contributed by atoms with Gasteiger partial charge in [-0.05, 0) is 37.3 Å². The average Bonchev–Trinajstić information content (AvgIpc) is 2.77. The fraction of sp³-hybridized carbons (Fsp3) is 0.667. The van der Waals surface area contributed by atoms with Gasteiger partial charge in [-0.15, -0.1) is 11.3 Å². The summed E-state index contributed by atoms with van der Waals surface area (Å²) in [6, 6.07) is 2.09. The van der Waals surface area contributed by atoms with E-state index in [1.165, 1.54) is 29.7 Å². The van der Waals surface area contributed by atoms with Crippen LogP contribution in [0.15, 0.2) is 6.07 Å². The third kappa shape index (κ3) is 2.90. The van der Waals surface area contributed by atoms with Crippen LogP contribution in [0.25, 0.3) is 0 Å². The first kappa shape index (κ1) is 14.0. The third-order valence-corrected chi connectivity index (χ3v) is 5.31. The monoisotopic (exact) mass is 295 g/mol. The fourth-order valence-corrected chi connectivity index (χ4v) is 4.16. The number of aryl methyl sites for hydroxylation is 2. The highest BCUT2D eigenvalue weighted by Gasteiger charge is 2.26. The SMILES string of the molecule is O=C(c1cc2c(s1)CCCCC2)N1CCOC(CO)C1. The van der Waals surface area contributed by atoms with Crippen LogP contribution in [-0.4, -0.2) is 48.3 Å². The lowest BCUT2D eigenvalue weighted by molar-refractivity contribution is -0.0446. The lowest BCUT2D eigenvalue weighted by Crippen LogP contribution is -2.46. The van der Waals surface area contributed by atoms with E-state index in [-0.39, 0.29) is 18.6 Å². The molecule has 3 rings (SSSR count). The Bertz CT molecular complexity index is 462. The predicted octanol–water partition coefficient (Wildman–Crippen LogP) is 1.85. The Morgan fingerprint density at radius 2 is 2.25 bits per heavy atom. The Kier molecular flexibility index (Phi) is 4.38.